The van der Waals surface area contributed by atoms with Crippen LogP contribution >= 0.6 is 0 Å². The van der Waals surface area contributed by atoms with Crippen LogP contribution < -0.4 is 0 Å². The van der Waals surface area contributed by atoms with E-state index < -0.39 is 0 Å². The van der Waals surface area contributed by atoms with Gasteiger partial charge in [-0.05, 0) is 26.0 Å². The zero-order chi connectivity index (χ0) is 11.8. The molecule has 84 valence electrons. The van der Waals surface area contributed by atoms with Crippen molar-refractivity contribution in [3.63, 3.8) is 0 Å². The van der Waals surface area contributed by atoms with Gasteiger partial charge >= 0.3 is 19.5 Å². The molecule has 0 bridgehead atoms. The smallest absolute Gasteiger partial charge is 0.545 e. The van der Waals surface area contributed by atoms with Crippen LogP contribution in [0, 0.1) is 0 Å². The van der Waals surface area contributed by atoms with E-state index in [0.29, 0.717) is 0 Å². The third-order valence-corrected chi connectivity index (χ3v) is 0.483. The first-order valence-corrected chi connectivity index (χ1v) is 3.54. The molecule has 0 aliphatic heterocycles. The number of aromatic nitrogens is 2. The Labute approximate surface area is 104 Å². The fraction of sp³-hybridized carbons (Fsp3) is 0.200. The SMILES string of the molecule is C=C(C)C.[CH-]=O.[CH-]=O.[Ru+2].c1ccnnc1. The summed E-state index contributed by atoms with van der Waals surface area (Å²) in [4.78, 5) is 15.5. The van der Waals surface area contributed by atoms with Crippen LogP contribution in [-0.2, 0) is 29.1 Å². The summed E-state index contributed by atoms with van der Waals surface area (Å²) in [5.41, 5.74) is 1.17. The number of nitrogens with zero attached hydrogens (tertiary/aromatic N) is 2. The minimum absolute atomic E-state index is 0. The standard InChI is InChI=1S/C4H4N2.C4H8.2CHO.Ru/c1-2-4-6-5-3-1;1-4(2)3;2*1-2;/h1-4H;1H2,2-3H3;2*1H;/q;;2*-1;+2. The van der Waals surface area contributed by atoms with Gasteiger partial charge in [-0.2, -0.15) is 10.2 Å². The predicted molar refractivity (Wildman–Crippen MR) is 56.0 cm³/mol. The van der Waals surface area contributed by atoms with E-state index in [9.17, 15) is 0 Å². The number of hydrogen-bond acceptors (Lipinski definition) is 4. The van der Waals surface area contributed by atoms with Gasteiger partial charge in [0.1, 0.15) is 0 Å². The summed E-state index contributed by atoms with van der Waals surface area (Å²) in [6.45, 7) is 14.0. The number of hydrogen-bond donors (Lipinski definition) is 0. The Kier molecular flexibility index (Phi) is 46.0. The molecule has 4 nitrogen and oxygen atoms in total. The average molecular weight is 295 g/mol. The molecule has 1 rings (SSSR count). The Bertz CT molecular complexity index is 175. The predicted octanol–water partition coefficient (Wildman–Crippen LogP) is 1.51. The first-order valence-electron chi connectivity index (χ1n) is 3.54. The molecule has 0 aromatic carbocycles. The van der Waals surface area contributed by atoms with Gasteiger partial charge in [0.15, 0.2) is 0 Å². The van der Waals surface area contributed by atoms with Crippen LogP contribution in [0.4, 0.5) is 0 Å². The molecule has 15 heavy (non-hydrogen) atoms. The molecule has 0 fully saturated rings. The van der Waals surface area contributed by atoms with Crippen LogP contribution in [0.15, 0.2) is 36.7 Å². The quantitative estimate of drug-likeness (QED) is 0.315. The maximum Gasteiger partial charge on any atom is 2.00 e. The maximum absolute atomic E-state index is 7.75. The topological polar surface area (TPSA) is 59.9 Å². The second-order valence-electron chi connectivity index (χ2n) is 2.12. The van der Waals surface area contributed by atoms with Crippen molar-refractivity contribution in [3.05, 3.63) is 36.7 Å². The Hall–Kier alpha value is -1.22. The largest absolute Gasteiger partial charge is 2.00 e. The van der Waals surface area contributed by atoms with Crippen molar-refractivity contribution in [1.29, 1.82) is 0 Å². The minimum atomic E-state index is 0. The van der Waals surface area contributed by atoms with Crippen molar-refractivity contribution in [2.24, 2.45) is 0 Å². The molecule has 1 aromatic rings. The van der Waals surface area contributed by atoms with Gasteiger partial charge in [-0.25, -0.2) is 0 Å². The normalized spacial score (nSPS) is 5.47. The molecule has 0 radical (unpaired) electrons. The molecular weight excluding hydrogens is 281 g/mol. The molecule has 0 spiro atoms. The van der Waals surface area contributed by atoms with Gasteiger partial charge in [0.05, 0.1) is 0 Å². The molecule has 0 saturated heterocycles. The molecule has 0 aliphatic rings. The Balaban J connectivity index is -0.0000000601. The van der Waals surface area contributed by atoms with Crippen molar-refractivity contribution < 1.29 is 29.1 Å². The molecule has 0 aliphatic carbocycles. The van der Waals surface area contributed by atoms with Crippen LogP contribution in [0.1, 0.15) is 13.8 Å². The Morgan fingerprint density at radius 3 is 1.27 bits per heavy atom. The minimum Gasteiger partial charge on any atom is -0.545 e. The molecule has 1 aromatic heterocycles. The van der Waals surface area contributed by atoms with Gasteiger partial charge in [-0.3, -0.25) is 13.6 Å². The summed E-state index contributed by atoms with van der Waals surface area (Å²) >= 11 is 0. The van der Waals surface area contributed by atoms with Gasteiger partial charge in [0, 0.05) is 12.4 Å². The van der Waals surface area contributed by atoms with Crippen molar-refractivity contribution in [2.45, 2.75) is 13.8 Å². The van der Waals surface area contributed by atoms with E-state index in [2.05, 4.69) is 30.4 Å². The van der Waals surface area contributed by atoms with E-state index >= 15 is 0 Å². The summed E-state index contributed by atoms with van der Waals surface area (Å²) in [6, 6.07) is 3.65. The summed E-state index contributed by atoms with van der Waals surface area (Å²) < 4.78 is 0. The second-order valence-corrected chi connectivity index (χ2v) is 2.12. The van der Waals surface area contributed by atoms with Gasteiger partial charge in [-0.15, -0.1) is 6.58 Å². The monoisotopic (exact) mass is 296 g/mol. The van der Waals surface area contributed by atoms with Crippen LogP contribution in [0.2, 0.25) is 0 Å². The van der Waals surface area contributed by atoms with E-state index in [-0.39, 0.29) is 19.5 Å². The third kappa shape index (κ3) is 65.0. The molecule has 0 amide bonds. The van der Waals surface area contributed by atoms with Crippen molar-refractivity contribution >= 4 is 13.6 Å². The number of rotatable bonds is 0. The molecular formula is C10H14N2O2Ru. The fourth-order valence-electron chi connectivity index (χ4n) is 0.253. The molecule has 0 atom stereocenters. The summed E-state index contributed by atoms with van der Waals surface area (Å²) in [6.07, 6.45) is 3.28. The van der Waals surface area contributed by atoms with Gasteiger partial charge in [0.2, 0.25) is 0 Å². The summed E-state index contributed by atoms with van der Waals surface area (Å²) in [5.74, 6) is 0. The van der Waals surface area contributed by atoms with Gasteiger partial charge in [0.25, 0.3) is 0 Å². The Morgan fingerprint density at radius 2 is 1.20 bits per heavy atom. The Morgan fingerprint density at radius 1 is 1.00 bits per heavy atom. The first kappa shape index (κ1) is 23.5. The first-order chi connectivity index (χ1) is 6.73. The average Bonchev–Trinajstić information content (AvgIpc) is 2.25. The van der Waals surface area contributed by atoms with E-state index in [1.807, 2.05) is 26.0 Å². The third-order valence-electron chi connectivity index (χ3n) is 0.483. The van der Waals surface area contributed by atoms with Crippen molar-refractivity contribution in [1.82, 2.24) is 10.2 Å². The summed E-state index contributed by atoms with van der Waals surface area (Å²) in [7, 11) is 0. The van der Waals surface area contributed by atoms with Gasteiger partial charge < -0.3 is 9.59 Å². The van der Waals surface area contributed by atoms with E-state index in [1.54, 1.807) is 12.4 Å². The van der Waals surface area contributed by atoms with Gasteiger partial charge in [-0.1, -0.05) is 5.57 Å². The fourth-order valence-corrected chi connectivity index (χ4v) is 0.253. The molecule has 0 N–H and O–H groups in total. The zero-order valence-electron chi connectivity index (χ0n) is 8.74. The van der Waals surface area contributed by atoms with Crippen molar-refractivity contribution in [3.8, 4) is 0 Å². The summed E-state index contributed by atoms with van der Waals surface area (Å²) in [5, 5.41) is 7.07. The van der Waals surface area contributed by atoms with E-state index in [0.717, 1.165) is 0 Å². The molecule has 0 unspecified atom stereocenters. The second kappa shape index (κ2) is 29.3. The maximum atomic E-state index is 7.75. The van der Waals surface area contributed by atoms with Crippen LogP contribution in [0.25, 0.3) is 0 Å². The zero-order valence-corrected chi connectivity index (χ0v) is 10.5. The number of allylic oxidation sites excluding steroid dienone is 1. The molecule has 5 heteroatoms. The van der Waals surface area contributed by atoms with Crippen LogP contribution in [0.3, 0.4) is 0 Å². The van der Waals surface area contributed by atoms with Crippen LogP contribution in [0.5, 0.6) is 0 Å². The van der Waals surface area contributed by atoms with Crippen molar-refractivity contribution in [2.75, 3.05) is 0 Å². The van der Waals surface area contributed by atoms with E-state index in [1.165, 1.54) is 5.57 Å². The molecule has 0 saturated carbocycles. The van der Waals surface area contributed by atoms with Crippen LogP contribution in [-0.4, -0.2) is 23.8 Å². The number of carbonyl (C=O) groups excluding carboxylic acids is 2. The molecule has 1 heterocycles. The van der Waals surface area contributed by atoms with E-state index in [4.69, 9.17) is 9.59 Å².